The number of fused-ring (bicyclic) bond motifs is 5. The van der Waals surface area contributed by atoms with Crippen LogP contribution >= 0.6 is 11.6 Å². The Kier molecular flexibility index (Phi) is 3.17. The normalized spacial score (nSPS) is 24.5. The van der Waals surface area contributed by atoms with Crippen LogP contribution in [0.4, 0.5) is 5.69 Å². The highest BCUT2D eigenvalue weighted by molar-refractivity contribution is 6.30. The molecule has 0 spiro atoms. The molecule has 0 amide bonds. The number of allylic oxidation sites excluding steroid dienone is 2. The van der Waals surface area contributed by atoms with Crippen LogP contribution in [0.3, 0.4) is 0 Å². The van der Waals surface area contributed by atoms with Crippen molar-refractivity contribution in [2.45, 2.75) is 18.4 Å². The van der Waals surface area contributed by atoms with Gasteiger partial charge in [-0.3, -0.25) is 0 Å². The average molecular weight is 332 g/mol. The lowest BCUT2D eigenvalue weighted by Crippen LogP contribution is -2.29. The van der Waals surface area contributed by atoms with E-state index in [0.29, 0.717) is 17.9 Å². The highest BCUT2D eigenvalue weighted by atomic mass is 35.5. The van der Waals surface area contributed by atoms with Crippen molar-refractivity contribution in [2.24, 2.45) is 5.92 Å². The molecule has 1 heterocycles. The second kappa shape index (κ2) is 5.39. The summed E-state index contributed by atoms with van der Waals surface area (Å²) in [5.41, 5.74) is 4.04. The molecular formula is C22H18ClN. The Morgan fingerprint density at radius 3 is 2.62 bits per heavy atom. The molecule has 1 nitrogen and oxygen atoms in total. The minimum absolute atomic E-state index is 0.320. The third kappa shape index (κ3) is 2.08. The molecule has 5 rings (SSSR count). The first-order valence-corrected chi connectivity index (χ1v) is 8.89. The molecule has 0 saturated carbocycles. The van der Waals surface area contributed by atoms with Crippen molar-refractivity contribution in [2.75, 3.05) is 5.32 Å². The van der Waals surface area contributed by atoms with E-state index >= 15 is 0 Å². The number of rotatable bonds is 1. The monoisotopic (exact) mass is 331 g/mol. The van der Waals surface area contributed by atoms with E-state index in [2.05, 4.69) is 66.0 Å². The fourth-order valence-electron chi connectivity index (χ4n) is 4.34. The number of hydrogen-bond donors (Lipinski definition) is 1. The van der Waals surface area contributed by atoms with Crippen molar-refractivity contribution in [1.29, 1.82) is 0 Å². The van der Waals surface area contributed by atoms with Crippen LogP contribution in [0, 0.1) is 5.92 Å². The minimum Gasteiger partial charge on any atom is -0.377 e. The molecule has 0 saturated heterocycles. The van der Waals surface area contributed by atoms with Gasteiger partial charge in [0.25, 0.3) is 0 Å². The number of hydrogen-bond acceptors (Lipinski definition) is 1. The molecule has 3 aromatic rings. The van der Waals surface area contributed by atoms with E-state index in [0.717, 1.165) is 11.4 Å². The first kappa shape index (κ1) is 14.1. The molecule has 3 aromatic carbocycles. The predicted octanol–water partition coefficient (Wildman–Crippen LogP) is 6.32. The van der Waals surface area contributed by atoms with Crippen molar-refractivity contribution in [3.8, 4) is 0 Å². The van der Waals surface area contributed by atoms with E-state index in [1.165, 1.54) is 27.6 Å². The van der Waals surface area contributed by atoms with Gasteiger partial charge in [0.2, 0.25) is 0 Å². The zero-order valence-corrected chi connectivity index (χ0v) is 14.0. The molecule has 0 radical (unpaired) electrons. The first-order valence-electron chi connectivity index (χ1n) is 8.51. The summed E-state index contributed by atoms with van der Waals surface area (Å²) >= 11 is 6.09. The van der Waals surface area contributed by atoms with Gasteiger partial charge in [0.15, 0.2) is 0 Å². The molecule has 0 aromatic heterocycles. The SMILES string of the molecule is Clc1ccc([C@@H]2Nc3c(ccc4ccccc34)[C@@H]3C=CC[C@@H]32)cc1. The third-order valence-electron chi connectivity index (χ3n) is 5.49. The van der Waals surface area contributed by atoms with E-state index in [1.54, 1.807) is 0 Å². The van der Waals surface area contributed by atoms with Gasteiger partial charge in [-0.15, -0.1) is 0 Å². The van der Waals surface area contributed by atoms with Crippen LogP contribution in [-0.2, 0) is 0 Å². The Bertz CT molecular complexity index is 942. The quantitative estimate of drug-likeness (QED) is 0.514. The molecular weight excluding hydrogens is 314 g/mol. The Balaban J connectivity index is 1.69. The van der Waals surface area contributed by atoms with E-state index in [4.69, 9.17) is 11.6 Å². The largest absolute Gasteiger partial charge is 0.377 e. The second-order valence-corrected chi connectivity index (χ2v) is 7.21. The number of benzene rings is 3. The lowest BCUT2D eigenvalue weighted by molar-refractivity contribution is 0.426. The van der Waals surface area contributed by atoms with Crippen LogP contribution in [-0.4, -0.2) is 0 Å². The highest BCUT2D eigenvalue weighted by Gasteiger charge is 2.38. The molecule has 2 aliphatic rings. The van der Waals surface area contributed by atoms with Gasteiger partial charge in [0.1, 0.15) is 0 Å². The van der Waals surface area contributed by atoms with Crippen LogP contribution in [0.1, 0.15) is 29.5 Å². The lowest BCUT2D eigenvalue weighted by atomic mass is 9.76. The van der Waals surface area contributed by atoms with Crippen LogP contribution in [0.15, 0.2) is 72.8 Å². The second-order valence-electron chi connectivity index (χ2n) is 6.78. The maximum absolute atomic E-state index is 6.09. The van der Waals surface area contributed by atoms with Crippen molar-refractivity contribution in [3.05, 3.63) is 89.0 Å². The summed E-state index contributed by atoms with van der Waals surface area (Å²) in [7, 11) is 0. The van der Waals surface area contributed by atoms with E-state index < -0.39 is 0 Å². The molecule has 1 aliphatic heterocycles. The Hall–Kier alpha value is -2.25. The van der Waals surface area contributed by atoms with Crippen molar-refractivity contribution >= 4 is 28.1 Å². The molecule has 1 N–H and O–H groups in total. The molecule has 3 atom stereocenters. The van der Waals surface area contributed by atoms with E-state index in [9.17, 15) is 0 Å². The fourth-order valence-corrected chi connectivity index (χ4v) is 4.47. The fraction of sp³-hybridized carbons (Fsp3) is 0.182. The van der Waals surface area contributed by atoms with Gasteiger partial charge in [-0.05, 0) is 41.0 Å². The van der Waals surface area contributed by atoms with Gasteiger partial charge in [0.05, 0.1) is 6.04 Å². The zero-order chi connectivity index (χ0) is 16.1. The Labute approximate surface area is 147 Å². The summed E-state index contributed by atoms with van der Waals surface area (Å²) in [6.07, 6.45) is 5.85. The summed E-state index contributed by atoms with van der Waals surface area (Å²) in [5, 5.41) is 7.26. The zero-order valence-electron chi connectivity index (χ0n) is 13.2. The molecule has 0 unspecified atom stereocenters. The lowest BCUT2D eigenvalue weighted by Gasteiger charge is -2.38. The number of anilines is 1. The van der Waals surface area contributed by atoms with E-state index in [1.807, 2.05) is 12.1 Å². The molecule has 2 heteroatoms. The predicted molar refractivity (Wildman–Crippen MR) is 102 cm³/mol. The summed E-state index contributed by atoms with van der Waals surface area (Å²) in [6, 6.07) is 21.8. The van der Waals surface area contributed by atoms with Crippen LogP contribution < -0.4 is 5.32 Å². The van der Waals surface area contributed by atoms with Gasteiger partial charge in [-0.2, -0.15) is 0 Å². The summed E-state index contributed by atoms with van der Waals surface area (Å²) in [6.45, 7) is 0. The molecule has 1 aliphatic carbocycles. The Morgan fingerprint density at radius 1 is 0.917 bits per heavy atom. The first-order chi connectivity index (χ1) is 11.8. The summed E-state index contributed by atoms with van der Waals surface area (Å²) < 4.78 is 0. The van der Waals surface area contributed by atoms with Gasteiger partial charge in [-0.1, -0.05) is 72.3 Å². The summed E-state index contributed by atoms with van der Waals surface area (Å²) in [4.78, 5) is 0. The smallest absolute Gasteiger partial charge is 0.0554 e. The van der Waals surface area contributed by atoms with Crippen LogP contribution in [0.5, 0.6) is 0 Å². The maximum atomic E-state index is 6.09. The van der Waals surface area contributed by atoms with Gasteiger partial charge in [-0.25, -0.2) is 0 Å². The maximum Gasteiger partial charge on any atom is 0.0554 e. The average Bonchev–Trinajstić information content (AvgIpc) is 3.11. The highest BCUT2D eigenvalue weighted by Crippen LogP contribution is 2.51. The molecule has 24 heavy (non-hydrogen) atoms. The van der Waals surface area contributed by atoms with Gasteiger partial charge in [0, 0.05) is 22.0 Å². The molecule has 0 fully saturated rings. The van der Waals surface area contributed by atoms with Gasteiger partial charge >= 0.3 is 0 Å². The summed E-state index contributed by atoms with van der Waals surface area (Å²) in [5.74, 6) is 1.06. The van der Waals surface area contributed by atoms with Gasteiger partial charge < -0.3 is 5.32 Å². The standard InChI is InChI=1S/C22H18ClN/c23-16-11-8-15(9-12-16)21-19-7-3-6-18(19)20-13-10-14-4-1-2-5-17(14)22(20)24-21/h1-6,8-13,18-19,21,24H,7H2/t18-,19+,21+/m1/s1. The Morgan fingerprint density at radius 2 is 1.75 bits per heavy atom. The van der Waals surface area contributed by atoms with Crippen molar-refractivity contribution in [1.82, 2.24) is 0 Å². The van der Waals surface area contributed by atoms with Crippen LogP contribution in [0.2, 0.25) is 5.02 Å². The minimum atomic E-state index is 0.320. The molecule has 118 valence electrons. The third-order valence-corrected chi connectivity index (χ3v) is 5.74. The topological polar surface area (TPSA) is 12.0 Å². The van der Waals surface area contributed by atoms with Crippen LogP contribution in [0.25, 0.3) is 10.8 Å². The van der Waals surface area contributed by atoms with Crippen molar-refractivity contribution in [3.63, 3.8) is 0 Å². The number of halogens is 1. The van der Waals surface area contributed by atoms with E-state index in [-0.39, 0.29) is 0 Å². The molecule has 0 bridgehead atoms. The number of nitrogens with one attached hydrogen (secondary N) is 1. The van der Waals surface area contributed by atoms with Crippen molar-refractivity contribution < 1.29 is 0 Å².